The number of carbonyl (C=O) groups is 4. The van der Waals surface area contributed by atoms with Crippen molar-refractivity contribution >= 4 is 47.7 Å². The molecule has 5 N–H and O–H groups in total. The van der Waals surface area contributed by atoms with Crippen LogP contribution in [0.5, 0.6) is 0 Å². The highest BCUT2D eigenvalue weighted by atomic mass is 16.4. The van der Waals surface area contributed by atoms with Crippen molar-refractivity contribution in [3.05, 3.63) is 72.8 Å². The molecule has 226 valence electrons. The van der Waals surface area contributed by atoms with Gasteiger partial charge in [0.1, 0.15) is 0 Å². The van der Waals surface area contributed by atoms with Crippen molar-refractivity contribution < 1.29 is 29.4 Å². The van der Waals surface area contributed by atoms with Gasteiger partial charge in [0.05, 0.1) is 11.6 Å². The van der Waals surface area contributed by atoms with Crippen LogP contribution < -0.4 is 16.0 Å². The van der Waals surface area contributed by atoms with Crippen LogP contribution in [0.3, 0.4) is 0 Å². The fourth-order valence-corrected chi connectivity index (χ4v) is 5.77. The molecule has 1 fully saturated rings. The number of nitrogens with one attached hydrogen (secondary N) is 3. The van der Waals surface area contributed by atoms with Gasteiger partial charge in [0.25, 0.3) is 5.91 Å². The lowest BCUT2D eigenvalue weighted by atomic mass is 10.00. The topological polar surface area (TPSA) is 165 Å². The summed E-state index contributed by atoms with van der Waals surface area (Å²) >= 11 is 0. The van der Waals surface area contributed by atoms with E-state index in [1.165, 1.54) is 0 Å². The van der Waals surface area contributed by atoms with Gasteiger partial charge in [0, 0.05) is 46.2 Å². The van der Waals surface area contributed by atoms with Gasteiger partial charge >= 0.3 is 11.9 Å². The minimum absolute atomic E-state index is 0.0721. The molecule has 2 aromatic heterocycles. The van der Waals surface area contributed by atoms with Crippen LogP contribution in [0.4, 0.5) is 0 Å². The predicted molar refractivity (Wildman–Crippen MR) is 165 cm³/mol. The Bertz CT molecular complexity index is 1780. The predicted octanol–water partition coefficient (Wildman–Crippen LogP) is 3.36. The van der Waals surface area contributed by atoms with E-state index in [9.17, 15) is 29.4 Å². The molecule has 10 heteroatoms. The zero-order valence-corrected chi connectivity index (χ0v) is 25.4. The Kier molecular flexibility index (Phi) is 9.18. The smallest absolute Gasteiger partial charge is 0.303 e. The van der Waals surface area contributed by atoms with Gasteiger partial charge < -0.3 is 25.5 Å². The Morgan fingerprint density at radius 1 is 0.884 bits per heavy atom. The zero-order valence-electron chi connectivity index (χ0n) is 25.4. The number of nitrogens with zero attached hydrogens (tertiary/aromatic N) is 1. The highest BCUT2D eigenvalue weighted by Crippen LogP contribution is 2.29. The molecule has 0 aliphatic carbocycles. The minimum Gasteiger partial charge on any atom is -0.481 e. The van der Waals surface area contributed by atoms with Gasteiger partial charge in [-0.05, 0) is 106 Å². The Labute approximate surface area is 249 Å². The molecule has 1 saturated heterocycles. The summed E-state index contributed by atoms with van der Waals surface area (Å²) in [6.07, 6.45) is 8.45. The molecule has 1 atom stereocenters. The number of aliphatic carboxylic acids is 2. The Balaban J connectivity index is 1.91. The van der Waals surface area contributed by atoms with Crippen LogP contribution in [0, 0.1) is 19.8 Å². The third kappa shape index (κ3) is 6.38. The molecule has 0 radical (unpaired) electrons. The molecule has 0 saturated carbocycles. The van der Waals surface area contributed by atoms with Crippen LogP contribution in [-0.4, -0.2) is 49.6 Å². The van der Waals surface area contributed by atoms with Gasteiger partial charge in [-0.15, -0.1) is 0 Å². The second-order valence-corrected chi connectivity index (χ2v) is 11.0. The van der Waals surface area contributed by atoms with Gasteiger partial charge in [-0.3, -0.25) is 19.2 Å². The number of allylic oxidation sites excluding steroid dienone is 3. The van der Waals surface area contributed by atoms with Gasteiger partial charge in [-0.25, -0.2) is 4.99 Å². The first-order valence-corrected chi connectivity index (χ1v) is 14.4. The molecule has 2 amide bonds. The summed E-state index contributed by atoms with van der Waals surface area (Å²) in [7, 11) is 0. The first kappa shape index (κ1) is 31.2. The first-order valence-electron chi connectivity index (χ1n) is 14.4. The van der Waals surface area contributed by atoms with E-state index >= 15 is 0 Å². The molecule has 2 aliphatic heterocycles. The monoisotopic (exact) mass is 586 g/mol. The number of carboxylic acid groups (broad SMARTS) is 2. The van der Waals surface area contributed by atoms with Crippen molar-refractivity contribution in [2.45, 2.75) is 73.6 Å². The zero-order chi connectivity index (χ0) is 31.6. The third-order valence-corrected chi connectivity index (χ3v) is 8.35. The Hall–Kier alpha value is -4.73. The van der Waals surface area contributed by atoms with E-state index in [0.29, 0.717) is 39.8 Å². The number of aliphatic imine (C=N–C) groups is 1. The quantitative estimate of drug-likeness (QED) is 0.286. The van der Waals surface area contributed by atoms with E-state index in [0.717, 1.165) is 39.1 Å². The van der Waals surface area contributed by atoms with Crippen molar-refractivity contribution in [2.24, 2.45) is 10.9 Å². The van der Waals surface area contributed by atoms with Crippen LogP contribution in [0.15, 0.2) is 33.5 Å². The molecule has 4 rings (SSSR count). The maximum absolute atomic E-state index is 12.3. The van der Waals surface area contributed by atoms with Gasteiger partial charge in [0.2, 0.25) is 5.91 Å². The van der Waals surface area contributed by atoms with Crippen LogP contribution in [0.1, 0.15) is 80.6 Å². The van der Waals surface area contributed by atoms with Gasteiger partial charge in [-0.2, -0.15) is 0 Å². The van der Waals surface area contributed by atoms with Gasteiger partial charge in [-0.1, -0.05) is 13.0 Å². The van der Waals surface area contributed by atoms with E-state index in [2.05, 4.69) is 20.3 Å². The maximum Gasteiger partial charge on any atom is 0.303 e. The largest absolute Gasteiger partial charge is 0.481 e. The van der Waals surface area contributed by atoms with Crippen molar-refractivity contribution in [3.63, 3.8) is 0 Å². The number of amides is 2. The molecule has 10 nitrogen and oxygen atoms in total. The molecule has 43 heavy (non-hydrogen) atoms. The van der Waals surface area contributed by atoms with E-state index in [4.69, 9.17) is 0 Å². The van der Waals surface area contributed by atoms with Crippen LogP contribution >= 0.6 is 0 Å². The third-order valence-electron chi connectivity index (χ3n) is 8.35. The fourth-order valence-electron chi connectivity index (χ4n) is 5.77. The van der Waals surface area contributed by atoms with Crippen LogP contribution in [-0.2, 0) is 32.0 Å². The summed E-state index contributed by atoms with van der Waals surface area (Å²) < 4.78 is 0. The average Bonchev–Trinajstić information content (AvgIpc) is 3.59. The molecule has 2 aliphatic rings. The lowest BCUT2D eigenvalue weighted by Crippen LogP contribution is -2.16. The molecule has 2 aromatic rings. The summed E-state index contributed by atoms with van der Waals surface area (Å²) in [5.74, 6) is -2.44. The number of aromatic amines is 2. The van der Waals surface area contributed by atoms with E-state index < -0.39 is 11.9 Å². The van der Waals surface area contributed by atoms with Crippen LogP contribution in [0.2, 0.25) is 0 Å². The summed E-state index contributed by atoms with van der Waals surface area (Å²) in [5.41, 5.74) is 8.40. The number of rotatable bonds is 10. The SMILES string of the molecule is C/C=C1\C(=C\c2[nH]c(/C=c3/[nH]/c(=C/C4=NC(=O)C(CC)=C4C)c(C)c3CCC(=O)O)c(CCC(=O)O)c2C)NC(=O)C1C. The first-order chi connectivity index (χ1) is 20.4. The minimum atomic E-state index is -0.923. The summed E-state index contributed by atoms with van der Waals surface area (Å²) in [4.78, 5) is 58.8. The van der Waals surface area contributed by atoms with Crippen molar-refractivity contribution in [1.29, 1.82) is 0 Å². The maximum atomic E-state index is 12.3. The molecular formula is C33H38N4O6. The number of carbonyl (C=O) groups excluding carboxylic acids is 2. The Morgan fingerprint density at radius 2 is 1.53 bits per heavy atom. The molecule has 0 aromatic carbocycles. The molecule has 0 spiro atoms. The average molecular weight is 587 g/mol. The summed E-state index contributed by atoms with van der Waals surface area (Å²) in [6.45, 7) is 11.3. The van der Waals surface area contributed by atoms with E-state index in [1.807, 2.05) is 65.8 Å². The Morgan fingerprint density at radius 3 is 2.12 bits per heavy atom. The fraction of sp³-hybridized carbons (Fsp3) is 0.364. The summed E-state index contributed by atoms with van der Waals surface area (Å²) in [6, 6.07) is 0. The van der Waals surface area contributed by atoms with E-state index in [1.54, 1.807) is 0 Å². The lowest BCUT2D eigenvalue weighted by Gasteiger charge is -2.03. The highest BCUT2D eigenvalue weighted by Gasteiger charge is 2.29. The normalized spacial score (nSPS) is 19.8. The number of carboxylic acids is 2. The number of hydrogen-bond donors (Lipinski definition) is 5. The number of H-pyrrole nitrogens is 2. The van der Waals surface area contributed by atoms with Gasteiger partial charge in [0.15, 0.2) is 0 Å². The second-order valence-electron chi connectivity index (χ2n) is 11.0. The second kappa shape index (κ2) is 12.6. The van der Waals surface area contributed by atoms with Crippen LogP contribution in [0.25, 0.3) is 18.2 Å². The standard InChI is InChI=1S/C33H38N4O6/c1-7-20-19(6)32(42)37-27(20)14-25-18(5)23(10-12-31(40)41)29(35-25)15-28-22(9-11-30(38)39)17(4)24(34-28)13-26-16(3)21(8-2)33(43)36-26/h7,13-15,19,34-35H,8-12H2,1-6H3,(H,37,42)(H,38,39)(H,40,41)/b20-7-,24-13+,27-14-,28-15+. The van der Waals surface area contributed by atoms with Crippen molar-refractivity contribution in [2.75, 3.05) is 0 Å². The molecular weight excluding hydrogens is 548 g/mol. The summed E-state index contributed by atoms with van der Waals surface area (Å²) in [5, 5.41) is 23.2. The number of aromatic nitrogens is 2. The molecule has 1 unspecified atom stereocenters. The number of hydrogen-bond acceptors (Lipinski definition) is 4. The lowest BCUT2D eigenvalue weighted by molar-refractivity contribution is -0.138. The van der Waals surface area contributed by atoms with Crippen molar-refractivity contribution in [3.8, 4) is 0 Å². The van der Waals surface area contributed by atoms with Crippen molar-refractivity contribution in [1.82, 2.24) is 15.3 Å². The molecule has 0 bridgehead atoms. The van der Waals surface area contributed by atoms with E-state index in [-0.39, 0.29) is 43.4 Å². The highest BCUT2D eigenvalue weighted by molar-refractivity contribution is 6.30. The molecule has 4 heterocycles.